The van der Waals surface area contributed by atoms with Crippen molar-refractivity contribution < 1.29 is 9.47 Å². The lowest BCUT2D eigenvalue weighted by molar-refractivity contribution is 0.283. The molecular weight excluding hydrogens is 322 g/mol. The second kappa shape index (κ2) is 8.95. The summed E-state index contributed by atoms with van der Waals surface area (Å²) in [5, 5.41) is 4.13. The van der Waals surface area contributed by atoms with E-state index in [4.69, 9.17) is 21.1 Å². The zero-order valence-corrected chi connectivity index (χ0v) is 15.6. The Kier molecular flexibility index (Phi) is 6.95. The number of benzene rings is 2. The van der Waals surface area contributed by atoms with Gasteiger partial charge in [0.2, 0.25) is 0 Å². The Morgan fingerprint density at radius 1 is 1.12 bits per heavy atom. The highest BCUT2D eigenvalue weighted by atomic mass is 35.5. The molecule has 0 fully saturated rings. The summed E-state index contributed by atoms with van der Waals surface area (Å²) < 4.78 is 11.4. The maximum atomic E-state index is 6.42. The summed E-state index contributed by atoms with van der Waals surface area (Å²) in [5.74, 6) is 1.37. The minimum atomic E-state index is 0.448. The Morgan fingerprint density at radius 2 is 1.88 bits per heavy atom. The van der Waals surface area contributed by atoms with Crippen molar-refractivity contribution in [3.8, 4) is 11.5 Å². The Balaban J connectivity index is 2.12. The molecule has 0 aliphatic rings. The Hall–Kier alpha value is -1.71. The molecule has 1 atom stereocenters. The number of halogens is 1. The van der Waals surface area contributed by atoms with Gasteiger partial charge in [-0.1, -0.05) is 42.8 Å². The standard InChI is InChI=1S/C20H26ClNO2/c1-5-15(3)22-12-17-10-19(23-4)20(11-18(17)21)24-13-16-9-7-6-8-14(16)2/h6-11,15,22H,5,12-13H2,1-4H3. The van der Waals surface area contributed by atoms with Crippen LogP contribution in [0.1, 0.15) is 37.0 Å². The number of methoxy groups -OCH3 is 1. The Bertz CT molecular complexity index is 673. The molecule has 1 N–H and O–H groups in total. The highest BCUT2D eigenvalue weighted by Gasteiger charge is 2.12. The van der Waals surface area contributed by atoms with Gasteiger partial charge in [0.1, 0.15) is 6.61 Å². The van der Waals surface area contributed by atoms with Gasteiger partial charge in [-0.15, -0.1) is 0 Å². The van der Waals surface area contributed by atoms with E-state index in [9.17, 15) is 0 Å². The summed E-state index contributed by atoms with van der Waals surface area (Å²) in [7, 11) is 1.65. The number of nitrogens with one attached hydrogen (secondary N) is 1. The first kappa shape index (κ1) is 18.6. The van der Waals surface area contributed by atoms with Gasteiger partial charge in [-0.2, -0.15) is 0 Å². The number of ether oxygens (including phenoxy) is 2. The first-order chi connectivity index (χ1) is 11.5. The molecule has 0 radical (unpaired) electrons. The summed E-state index contributed by atoms with van der Waals surface area (Å²) in [4.78, 5) is 0. The van der Waals surface area contributed by atoms with E-state index >= 15 is 0 Å². The van der Waals surface area contributed by atoms with Crippen molar-refractivity contribution in [2.75, 3.05) is 7.11 Å². The summed E-state index contributed by atoms with van der Waals surface area (Å²) in [6.07, 6.45) is 1.08. The molecule has 0 spiro atoms. The first-order valence-corrected chi connectivity index (χ1v) is 8.70. The van der Waals surface area contributed by atoms with Gasteiger partial charge in [0.05, 0.1) is 7.11 Å². The fourth-order valence-electron chi connectivity index (χ4n) is 2.34. The molecule has 2 aromatic carbocycles. The first-order valence-electron chi connectivity index (χ1n) is 8.32. The van der Waals surface area contributed by atoms with Crippen LogP contribution in [0.5, 0.6) is 11.5 Å². The molecule has 0 bridgehead atoms. The summed E-state index contributed by atoms with van der Waals surface area (Å²) in [6.45, 7) is 7.59. The van der Waals surface area contributed by atoms with Gasteiger partial charge < -0.3 is 14.8 Å². The van der Waals surface area contributed by atoms with E-state index in [0.29, 0.717) is 35.7 Å². The van der Waals surface area contributed by atoms with Crippen molar-refractivity contribution >= 4 is 11.6 Å². The van der Waals surface area contributed by atoms with Crippen LogP contribution < -0.4 is 14.8 Å². The monoisotopic (exact) mass is 347 g/mol. The van der Waals surface area contributed by atoms with E-state index in [0.717, 1.165) is 17.5 Å². The highest BCUT2D eigenvalue weighted by molar-refractivity contribution is 6.31. The lowest BCUT2D eigenvalue weighted by Crippen LogP contribution is -2.24. The van der Waals surface area contributed by atoms with Gasteiger partial charge in [-0.05, 0) is 43.0 Å². The van der Waals surface area contributed by atoms with E-state index < -0.39 is 0 Å². The predicted octanol–water partition coefficient (Wildman–Crippen LogP) is 5.12. The molecule has 24 heavy (non-hydrogen) atoms. The lowest BCUT2D eigenvalue weighted by atomic mass is 10.1. The van der Waals surface area contributed by atoms with E-state index in [1.165, 1.54) is 5.56 Å². The average Bonchev–Trinajstić information content (AvgIpc) is 2.59. The van der Waals surface area contributed by atoms with Crippen LogP contribution in [0.3, 0.4) is 0 Å². The molecule has 0 saturated carbocycles. The fraction of sp³-hybridized carbons (Fsp3) is 0.400. The molecule has 4 heteroatoms. The Morgan fingerprint density at radius 3 is 2.54 bits per heavy atom. The van der Waals surface area contributed by atoms with Crippen molar-refractivity contribution in [1.82, 2.24) is 5.32 Å². The van der Waals surface area contributed by atoms with Gasteiger partial charge in [-0.25, -0.2) is 0 Å². The third-order valence-electron chi connectivity index (χ3n) is 4.23. The quantitative estimate of drug-likeness (QED) is 0.718. The largest absolute Gasteiger partial charge is 0.493 e. The van der Waals surface area contributed by atoms with Crippen LogP contribution in [0, 0.1) is 6.92 Å². The van der Waals surface area contributed by atoms with Crippen LogP contribution in [0.2, 0.25) is 5.02 Å². The van der Waals surface area contributed by atoms with Gasteiger partial charge in [0, 0.05) is 23.7 Å². The van der Waals surface area contributed by atoms with Crippen LogP contribution >= 0.6 is 11.6 Å². The molecule has 3 nitrogen and oxygen atoms in total. The zero-order chi connectivity index (χ0) is 17.5. The van der Waals surface area contributed by atoms with Crippen molar-refractivity contribution in [3.63, 3.8) is 0 Å². The van der Waals surface area contributed by atoms with E-state index in [1.807, 2.05) is 24.3 Å². The predicted molar refractivity (Wildman–Crippen MR) is 100 cm³/mol. The van der Waals surface area contributed by atoms with Gasteiger partial charge >= 0.3 is 0 Å². The maximum absolute atomic E-state index is 6.42. The van der Waals surface area contributed by atoms with Crippen LogP contribution in [0.4, 0.5) is 0 Å². The minimum absolute atomic E-state index is 0.448. The number of aryl methyl sites for hydroxylation is 1. The van der Waals surface area contributed by atoms with E-state index in [2.05, 4.69) is 38.2 Å². The van der Waals surface area contributed by atoms with Crippen LogP contribution in [0.15, 0.2) is 36.4 Å². The number of rotatable bonds is 8. The maximum Gasteiger partial charge on any atom is 0.163 e. The summed E-state index contributed by atoms with van der Waals surface area (Å²) in [5.41, 5.74) is 3.37. The second-order valence-corrected chi connectivity index (χ2v) is 6.41. The van der Waals surface area contributed by atoms with E-state index in [1.54, 1.807) is 7.11 Å². The SMILES string of the molecule is CCC(C)NCc1cc(OC)c(OCc2ccccc2C)cc1Cl. The molecule has 1 unspecified atom stereocenters. The lowest BCUT2D eigenvalue weighted by Gasteiger charge is -2.16. The van der Waals surface area contributed by atoms with Gasteiger partial charge in [0.15, 0.2) is 11.5 Å². The van der Waals surface area contributed by atoms with Crippen LogP contribution in [-0.2, 0) is 13.2 Å². The molecule has 0 aromatic heterocycles. The fourth-order valence-corrected chi connectivity index (χ4v) is 2.56. The number of hydrogen-bond donors (Lipinski definition) is 1. The Labute approximate surface area is 149 Å². The third-order valence-corrected chi connectivity index (χ3v) is 4.58. The molecule has 0 saturated heterocycles. The molecule has 130 valence electrons. The highest BCUT2D eigenvalue weighted by Crippen LogP contribution is 2.34. The molecule has 2 rings (SSSR count). The van der Waals surface area contributed by atoms with Crippen molar-refractivity contribution in [1.29, 1.82) is 0 Å². The van der Waals surface area contributed by atoms with Crippen molar-refractivity contribution in [2.24, 2.45) is 0 Å². The van der Waals surface area contributed by atoms with Crippen molar-refractivity contribution in [2.45, 2.75) is 46.4 Å². The second-order valence-electron chi connectivity index (χ2n) is 6.00. The van der Waals surface area contributed by atoms with E-state index in [-0.39, 0.29) is 0 Å². The molecule has 0 heterocycles. The zero-order valence-electron chi connectivity index (χ0n) is 14.9. The summed E-state index contributed by atoms with van der Waals surface area (Å²) >= 11 is 6.42. The normalized spacial score (nSPS) is 12.0. The third kappa shape index (κ3) is 4.89. The molecule has 0 aliphatic heterocycles. The average molecular weight is 348 g/mol. The molecule has 0 amide bonds. The molecule has 2 aromatic rings. The topological polar surface area (TPSA) is 30.5 Å². The molecular formula is C20H26ClNO2. The van der Waals surface area contributed by atoms with Gasteiger partial charge in [0.25, 0.3) is 0 Å². The smallest absolute Gasteiger partial charge is 0.163 e. The van der Waals surface area contributed by atoms with Crippen LogP contribution in [0.25, 0.3) is 0 Å². The minimum Gasteiger partial charge on any atom is -0.493 e. The number of hydrogen-bond acceptors (Lipinski definition) is 3. The summed E-state index contributed by atoms with van der Waals surface area (Å²) in [6, 6.07) is 12.4. The van der Waals surface area contributed by atoms with Crippen molar-refractivity contribution in [3.05, 3.63) is 58.1 Å². The van der Waals surface area contributed by atoms with Crippen LogP contribution in [-0.4, -0.2) is 13.2 Å². The molecule has 0 aliphatic carbocycles. The van der Waals surface area contributed by atoms with Gasteiger partial charge in [-0.3, -0.25) is 0 Å².